The standard InChI is InChI=1S/C30H24ClN3O6S/c1-39-28-19-22(11-17-27(28)40-29(35)18-12-21-7-3-2-4-8-21)20-32-33-30(36)25-9-5-6-10-26(25)34-41(37,38)24-15-13-23(31)14-16-24/h2-20,34H,1H3,(H,33,36)/b18-12+,32-20-. The van der Waals surface area contributed by atoms with Gasteiger partial charge in [-0.15, -0.1) is 0 Å². The number of nitrogens with zero attached hydrogens (tertiary/aromatic N) is 1. The Hall–Kier alpha value is -4.93. The molecule has 0 aromatic heterocycles. The summed E-state index contributed by atoms with van der Waals surface area (Å²) < 4.78 is 38.7. The molecule has 0 aliphatic carbocycles. The van der Waals surface area contributed by atoms with Gasteiger partial charge in [-0.2, -0.15) is 5.10 Å². The summed E-state index contributed by atoms with van der Waals surface area (Å²) in [5.41, 5.74) is 3.91. The van der Waals surface area contributed by atoms with Gasteiger partial charge < -0.3 is 9.47 Å². The van der Waals surface area contributed by atoms with E-state index in [0.717, 1.165) is 5.56 Å². The summed E-state index contributed by atoms with van der Waals surface area (Å²) in [6.07, 6.45) is 4.31. The molecule has 9 nitrogen and oxygen atoms in total. The van der Waals surface area contributed by atoms with Crippen molar-refractivity contribution in [2.45, 2.75) is 4.90 Å². The van der Waals surface area contributed by atoms with E-state index in [4.69, 9.17) is 21.1 Å². The molecule has 0 bridgehead atoms. The van der Waals surface area contributed by atoms with Gasteiger partial charge in [0.2, 0.25) is 0 Å². The van der Waals surface area contributed by atoms with Crippen molar-refractivity contribution in [3.8, 4) is 11.5 Å². The summed E-state index contributed by atoms with van der Waals surface area (Å²) in [5.74, 6) is -0.730. The minimum atomic E-state index is -3.97. The first-order valence-electron chi connectivity index (χ1n) is 12.1. The van der Waals surface area contributed by atoms with E-state index in [0.29, 0.717) is 10.6 Å². The third kappa shape index (κ3) is 8.04. The van der Waals surface area contributed by atoms with Gasteiger partial charge in [-0.25, -0.2) is 18.6 Å². The third-order valence-corrected chi connectivity index (χ3v) is 7.16. The summed E-state index contributed by atoms with van der Waals surface area (Å²) in [6, 6.07) is 25.8. The average molecular weight is 590 g/mol. The first kappa shape index (κ1) is 29.1. The molecule has 0 atom stereocenters. The largest absolute Gasteiger partial charge is 0.493 e. The maximum Gasteiger partial charge on any atom is 0.336 e. The van der Waals surface area contributed by atoms with Gasteiger partial charge >= 0.3 is 5.97 Å². The number of hydrazone groups is 1. The van der Waals surface area contributed by atoms with E-state index < -0.39 is 21.9 Å². The van der Waals surface area contributed by atoms with Crippen LogP contribution in [-0.2, 0) is 14.8 Å². The van der Waals surface area contributed by atoms with Gasteiger partial charge in [0.25, 0.3) is 15.9 Å². The Balaban J connectivity index is 1.41. The number of amides is 1. The molecule has 0 unspecified atom stereocenters. The van der Waals surface area contributed by atoms with Crippen molar-refractivity contribution in [2.75, 3.05) is 11.8 Å². The van der Waals surface area contributed by atoms with Crippen molar-refractivity contribution < 1.29 is 27.5 Å². The highest BCUT2D eigenvalue weighted by molar-refractivity contribution is 7.92. The lowest BCUT2D eigenvalue weighted by atomic mass is 10.2. The van der Waals surface area contributed by atoms with Gasteiger partial charge in [0.05, 0.1) is 29.5 Å². The van der Waals surface area contributed by atoms with E-state index in [1.165, 1.54) is 61.9 Å². The van der Waals surface area contributed by atoms with Crippen LogP contribution in [0, 0.1) is 0 Å². The molecule has 2 N–H and O–H groups in total. The summed E-state index contributed by atoms with van der Waals surface area (Å²) in [7, 11) is -2.54. The molecule has 0 heterocycles. The van der Waals surface area contributed by atoms with Crippen LogP contribution in [0.2, 0.25) is 5.02 Å². The maximum absolute atomic E-state index is 12.8. The van der Waals surface area contributed by atoms with Crippen LogP contribution in [0.1, 0.15) is 21.5 Å². The zero-order chi connectivity index (χ0) is 29.2. The van der Waals surface area contributed by atoms with Gasteiger partial charge in [-0.3, -0.25) is 9.52 Å². The molecule has 0 fully saturated rings. The number of anilines is 1. The number of ether oxygens (including phenoxy) is 2. The van der Waals surface area contributed by atoms with Crippen LogP contribution < -0.4 is 19.6 Å². The lowest BCUT2D eigenvalue weighted by Gasteiger charge is -2.12. The first-order valence-corrected chi connectivity index (χ1v) is 13.9. The lowest BCUT2D eigenvalue weighted by molar-refractivity contribution is -0.129. The quantitative estimate of drug-likeness (QED) is 0.0824. The van der Waals surface area contributed by atoms with Crippen molar-refractivity contribution in [1.82, 2.24) is 5.43 Å². The Morgan fingerprint density at radius 2 is 1.56 bits per heavy atom. The Morgan fingerprint density at radius 1 is 0.854 bits per heavy atom. The van der Waals surface area contributed by atoms with Gasteiger partial charge in [0, 0.05) is 11.1 Å². The summed E-state index contributed by atoms with van der Waals surface area (Å²) in [4.78, 5) is 25.1. The number of benzene rings is 4. The summed E-state index contributed by atoms with van der Waals surface area (Å²) >= 11 is 5.85. The van der Waals surface area contributed by atoms with Crippen LogP contribution in [0.5, 0.6) is 11.5 Å². The number of hydrogen-bond acceptors (Lipinski definition) is 7. The molecule has 1 amide bonds. The fourth-order valence-electron chi connectivity index (χ4n) is 3.53. The number of nitrogens with one attached hydrogen (secondary N) is 2. The van der Waals surface area contributed by atoms with E-state index in [1.54, 1.807) is 30.3 Å². The van der Waals surface area contributed by atoms with Crippen molar-refractivity contribution in [2.24, 2.45) is 5.10 Å². The van der Waals surface area contributed by atoms with Crippen molar-refractivity contribution in [3.63, 3.8) is 0 Å². The Kier molecular flexibility index (Phi) is 9.51. The second-order valence-corrected chi connectivity index (χ2v) is 10.5. The fourth-order valence-corrected chi connectivity index (χ4v) is 4.74. The van der Waals surface area contributed by atoms with Gasteiger partial charge in [-0.05, 0) is 71.8 Å². The Bertz CT molecular complexity index is 1710. The molecule has 0 aliphatic heterocycles. The van der Waals surface area contributed by atoms with Crippen LogP contribution in [0.3, 0.4) is 0 Å². The predicted molar refractivity (Wildman–Crippen MR) is 158 cm³/mol. The number of methoxy groups -OCH3 is 1. The number of halogens is 1. The third-order valence-electron chi connectivity index (χ3n) is 5.53. The van der Waals surface area contributed by atoms with Crippen LogP contribution in [0.25, 0.3) is 6.08 Å². The molecular formula is C30H24ClN3O6S. The normalized spacial score (nSPS) is 11.4. The molecule has 0 radical (unpaired) electrons. The van der Waals surface area contributed by atoms with E-state index in [-0.39, 0.29) is 27.6 Å². The lowest BCUT2D eigenvalue weighted by Crippen LogP contribution is -2.21. The molecule has 0 saturated heterocycles. The highest BCUT2D eigenvalue weighted by Gasteiger charge is 2.18. The second-order valence-electron chi connectivity index (χ2n) is 8.38. The molecule has 208 valence electrons. The number of hydrogen-bond donors (Lipinski definition) is 2. The number of carbonyl (C=O) groups excluding carboxylic acids is 2. The van der Waals surface area contributed by atoms with E-state index in [1.807, 2.05) is 30.3 Å². The number of sulfonamides is 1. The van der Waals surface area contributed by atoms with Gasteiger partial charge in [-0.1, -0.05) is 54.1 Å². The molecule has 0 saturated carbocycles. The number of rotatable bonds is 10. The Morgan fingerprint density at radius 3 is 2.29 bits per heavy atom. The summed E-state index contributed by atoms with van der Waals surface area (Å²) in [6.45, 7) is 0. The van der Waals surface area contributed by atoms with Crippen molar-refractivity contribution >= 4 is 51.5 Å². The predicted octanol–water partition coefficient (Wildman–Crippen LogP) is 5.53. The molecular weight excluding hydrogens is 566 g/mol. The Labute approximate surface area is 242 Å². The first-order chi connectivity index (χ1) is 19.7. The number of esters is 1. The van der Waals surface area contributed by atoms with Crippen molar-refractivity contribution in [3.05, 3.63) is 125 Å². The van der Waals surface area contributed by atoms with Crippen molar-refractivity contribution in [1.29, 1.82) is 0 Å². The van der Waals surface area contributed by atoms with Crippen LogP contribution >= 0.6 is 11.6 Å². The summed E-state index contributed by atoms with van der Waals surface area (Å²) in [5, 5.41) is 4.36. The highest BCUT2D eigenvalue weighted by atomic mass is 35.5. The maximum atomic E-state index is 12.8. The minimum absolute atomic E-state index is 0.00887. The number of para-hydroxylation sites is 1. The van der Waals surface area contributed by atoms with E-state index >= 15 is 0 Å². The van der Waals surface area contributed by atoms with E-state index in [9.17, 15) is 18.0 Å². The van der Waals surface area contributed by atoms with Gasteiger partial charge in [0.1, 0.15) is 0 Å². The monoisotopic (exact) mass is 589 g/mol. The fraction of sp³-hybridized carbons (Fsp3) is 0.0333. The molecule has 0 spiro atoms. The molecule has 4 aromatic rings. The zero-order valence-electron chi connectivity index (χ0n) is 21.7. The van der Waals surface area contributed by atoms with Gasteiger partial charge in [0.15, 0.2) is 11.5 Å². The zero-order valence-corrected chi connectivity index (χ0v) is 23.2. The van der Waals surface area contributed by atoms with E-state index in [2.05, 4.69) is 15.2 Å². The van der Waals surface area contributed by atoms with Crippen LogP contribution in [-0.4, -0.2) is 33.6 Å². The second kappa shape index (κ2) is 13.4. The van der Waals surface area contributed by atoms with Crippen LogP contribution in [0.4, 0.5) is 5.69 Å². The number of carbonyl (C=O) groups is 2. The SMILES string of the molecule is COc1cc(/C=N\NC(=O)c2ccccc2NS(=O)(=O)c2ccc(Cl)cc2)ccc1OC(=O)/C=C/c1ccccc1. The molecule has 4 aromatic carbocycles. The average Bonchev–Trinajstić information content (AvgIpc) is 2.97. The molecule has 0 aliphatic rings. The molecule has 4 rings (SSSR count). The molecule has 41 heavy (non-hydrogen) atoms. The highest BCUT2D eigenvalue weighted by Crippen LogP contribution is 2.28. The molecule has 11 heteroatoms. The topological polar surface area (TPSA) is 123 Å². The smallest absolute Gasteiger partial charge is 0.336 e. The minimum Gasteiger partial charge on any atom is -0.493 e. The van der Waals surface area contributed by atoms with Crippen LogP contribution in [0.15, 0.2) is 113 Å².